The summed E-state index contributed by atoms with van der Waals surface area (Å²) in [6, 6.07) is 26.3. The Balaban J connectivity index is 1.55. The van der Waals surface area contributed by atoms with Crippen molar-refractivity contribution in [2.45, 2.75) is 37.6 Å². The van der Waals surface area contributed by atoms with E-state index in [4.69, 9.17) is 17.4 Å². The monoisotopic (exact) mass is 571 g/mol. The van der Waals surface area contributed by atoms with E-state index in [1.54, 1.807) is 12.1 Å². The molecule has 0 aliphatic rings. The van der Waals surface area contributed by atoms with Gasteiger partial charge in [0.2, 0.25) is 21.0 Å². The van der Waals surface area contributed by atoms with E-state index in [2.05, 4.69) is 60.6 Å². The van der Waals surface area contributed by atoms with Crippen LogP contribution in [0.5, 0.6) is 5.88 Å². The van der Waals surface area contributed by atoms with E-state index in [1.165, 1.54) is 12.1 Å². The lowest BCUT2D eigenvalue weighted by Gasteiger charge is -2.19. The van der Waals surface area contributed by atoms with E-state index in [1.807, 2.05) is 41.0 Å². The second-order valence-corrected chi connectivity index (χ2v) is 12.5. The number of primary sulfonamides is 1. The molecule has 0 bridgehead atoms. The molecule has 0 radical (unpaired) electrons. The number of aromatic hydroxyl groups is 1. The van der Waals surface area contributed by atoms with Gasteiger partial charge < -0.3 is 15.0 Å². The molecular formula is C30H29N5O3S2. The fourth-order valence-corrected chi connectivity index (χ4v) is 5.36. The molecule has 5 rings (SSSR count). The summed E-state index contributed by atoms with van der Waals surface area (Å²) >= 11 is 5.35. The summed E-state index contributed by atoms with van der Waals surface area (Å²) in [5, 5.41) is 31.0. The molecule has 4 aromatic carbocycles. The quantitative estimate of drug-likeness (QED) is 0.155. The molecule has 40 heavy (non-hydrogen) atoms. The van der Waals surface area contributed by atoms with Gasteiger partial charge >= 0.3 is 0 Å². The van der Waals surface area contributed by atoms with Crippen LogP contribution < -0.4 is 10.5 Å². The van der Waals surface area contributed by atoms with Gasteiger partial charge in [-0.3, -0.25) is 0 Å². The van der Waals surface area contributed by atoms with Crippen molar-refractivity contribution in [3.63, 3.8) is 0 Å². The Kier molecular flexibility index (Phi) is 7.17. The standard InChI is InChI=1S/C30H29N5O3S2/c1-30(2,3)21-14-15-26-25(16-21)27(33-34-29(39)32-22-11-7-12-23(17-22)40(31,37)38)28(36)35(26)18-20-10-6-9-19-8-4-5-13-24(19)20/h4-17,36H,18H2,1-3H3,(H,32,39)(H2,31,37,38). The minimum atomic E-state index is -3.87. The molecule has 10 heteroatoms. The van der Waals surface area contributed by atoms with Gasteiger partial charge in [-0.05, 0) is 69.9 Å². The summed E-state index contributed by atoms with van der Waals surface area (Å²) in [7, 11) is -3.87. The Morgan fingerprint density at radius 1 is 0.975 bits per heavy atom. The van der Waals surface area contributed by atoms with Gasteiger partial charge in [0.15, 0.2) is 5.69 Å². The van der Waals surface area contributed by atoms with Crippen molar-refractivity contribution in [3.8, 4) is 5.88 Å². The summed E-state index contributed by atoms with van der Waals surface area (Å²) in [4.78, 5) is -0.0545. The molecule has 1 heterocycles. The van der Waals surface area contributed by atoms with Gasteiger partial charge in [0, 0.05) is 11.1 Å². The molecule has 0 amide bonds. The number of nitrogens with one attached hydrogen (secondary N) is 1. The third-order valence-electron chi connectivity index (χ3n) is 6.74. The van der Waals surface area contributed by atoms with Gasteiger partial charge in [-0.25, -0.2) is 13.6 Å². The van der Waals surface area contributed by atoms with Crippen molar-refractivity contribution < 1.29 is 13.5 Å². The van der Waals surface area contributed by atoms with Crippen molar-refractivity contribution in [2.24, 2.45) is 15.4 Å². The molecule has 4 N–H and O–H groups in total. The van der Waals surface area contributed by atoms with Crippen LogP contribution in [0.25, 0.3) is 21.7 Å². The summed E-state index contributed by atoms with van der Waals surface area (Å²) in [6.45, 7) is 6.79. The van der Waals surface area contributed by atoms with Gasteiger partial charge in [-0.15, -0.1) is 10.2 Å². The third kappa shape index (κ3) is 5.60. The van der Waals surface area contributed by atoms with Crippen molar-refractivity contribution in [1.29, 1.82) is 0 Å². The zero-order valence-corrected chi connectivity index (χ0v) is 23.9. The van der Waals surface area contributed by atoms with Crippen molar-refractivity contribution in [2.75, 3.05) is 5.32 Å². The zero-order valence-electron chi connectivity index (χ0n) is 22.3. The van der Waals surface area contributed by atoms with Crippen LogP contribution in [0.3, 0.4) is 0 Å². The number of nitrogens with two attached hydrogens (primary N) is 1. The predicted molar refractivity (Wildman–Crippen MR) is 164 cm³/mol. The van der Waals surface area contributed by atoms with Crippen molar-refractivity contribution in [3.05, 3.63) is 96.1 Å². The maximum Gasteiger partial charge on any atom is 0.238 e. The zero-order chi connectivity index (χ0) is 28.7. The van der Waals surface area contributed by atoms with Gasteiger partial charge in [-0.2, -0.15) is 0 Å². The topological polar surface area (TPSA) is 122 Å². The Labute approximate surface area is 238 Å². The van der Waals surface area contributed by atoms with Crippen LogP contribution >= 0.6 is 12.2 Å². The number of rotatable bonds is 5. The Morgan fingerprint density at radius 3 is 2.45 bits per heavy atom. The predicted octanol–water partition coefficient (Wildman–Crippen LogP) is 6.97. The third-order valence-corrected chi connectivity index (χ3v) is 7.83. The Bertz CT molecular complexity index is 1900. The second-order valence-electron chi connectivity index (χ2n) is 10.6. The average Bonchev–Trinajstić information content (AvgIpc) is 3.16. The minimum absolute atomic E-state index is 0.00658. The number of thiocarbonyl (C=S) groups is 1. The minimum Gasteiger partial charge on any atom is -0.493 e. The SMILES string of the molecule is CC(C)(C)c1ccc2c(c1)c(N=NC(=S)Nc1cccc(S(N)(=O)=O)c1)c(O)n2Cc1cccc2ccccc12. The van der Waals surface area contributed by atoms with Crippen LogP contribution in [-0.2, 0) is 22.0 Å². The average molecular weight is 572 g/mol. The lowest BCUT2D eigenvalue weighted by Crippen LogP contribution is -2.13. The number of hydrogen-bond donors (Lipinski definition) is 3. The number of nitrogens with zero attached hydrogens (tertiary/aromatic N) is 3. The highest BCUT2D eigenvalue weighted by atomic mass is 32.2. The van der Waals surface area contributed by atoms with E-state index in [-0.39, 0.29) is 21.3 Å². The van der Waals surface area contributed by atoms with Crippen molar-refractivity contribution >= 4 is 60.4 Å². The number of aromatic nitrogens is 1. The number of sulfonamides is 1. The summed E-state index contributed by atoms with van der Waals surface area (Å²) in [5.41, 5.74) is 3.52. The number of fused-ring (bicyclic) bond motifs is 2. The molecule has 0 saturated heterocycles. The van der Waals surface area contributed by atoms with Gasteiger partial charge in [0.25, 0.3) is 0 Å². The van der Waals surface area contributed by atoms with E-state index in [0.29, 0.717) is 17.9 Å². The smallest absolute Gasteiger partial charge is 0.238 e. The lowest BCUT2D eigenvalue weighted by atomic mass is 9.86. The van der Waals surface area contributed by atoms with Gasteiger partial charge in [-0.1, -0.05) is 75.4 Å². The molecule has 8 nitrogen and oxygen atoms in total. The fraction of sp³-hybridized carbons (Fsp3) is 0.167. The highest BCUT2D eigenvalue weighted by Gasteiger charge is 2.21. The largest absolute Gasteiger partial charge is 0.493 e. The molecule has 0 aliphatic heterocycles. The number of hydrogen-bond acceptors (Lipinski definition) is 5. The van der Waals surface area contributed by atoms with E-state index < -0.39 is 10.0 Å². The molecule has 1 aromatic heterocycles. The lowest BCUT2D eigenvalue weighted by molar-refractivity contribution is 0.430. The van der Waals surface area contributed by atoms with Crippen LogP contribution in [0.1, 0.15) is 31.9 Å². The Morgan fingerprint density at radius 2 is 1.70 bits per heavy atom. The first-order valence-corrected chi connectivity index (χ1v) is 14.6. The maximum absolute atomic E-state index is 11.7. The molecule has 0 saturated carbocycles. The molecule has 0 unspecified atom stereocenters. The van der Waals surface area contributed by atoms with Crippen molar-refractivity contribution in [1.82, 2.24) is 4.57 Å². The second kappa shape index (κ2) is 10.5. The van der Waals surface area contributed by atoms with Crippen LogP contribution in [0.15, 0.2) is 100 Å². The fourth-order valence-electron chi connectivity index (χ4n) is 4.64. The molecule has 0 aliphatic carbocycles. The highest BCUT2D eigenvalue weighted by molar-refractivity contribution is 7.89. The molecule has 0 spiro atoms. The number of benzene rings is 4. The number of anilines is 1. The first-order valence-electron chi connectivity index (χ1n) is 12.6. The molecule has 0 atom stereocenters. The van der Waals surface area contributed by atoms with Crippen LogP contribution in [0.4, 0.5) is 11.4 Å². The summed E-state index contributed by atoms with van der Waals surface area (Å²) < 4.78 is 25.2. The number of azo groups is 1. The molecule has 0 fully saturated rings. The van der Waals surface area contributed by atoms with Crippen LogP contribution in [0.2, 0.25) is 0 Å². The first kappa shape index (κ1) is 27.4. The molecule has 204 valence electrons. The van der Waals surface area contributed by atoms with Gasteiger partial charge in [0.05, 0.1) is 17.0 Å². The van der Waals surface area contributed by atoms with Crippen LogP contribution in [-0.4, -0.2) is 23.2 Å². The highest BCUT2D eigenvalue weighted by Crippen LogP contribution is 2.41. The first-order chi connectivity index (χ1) is 18.9. The van der Waals surface area contributed by atoms with Gasteiger partial charge in [0.1, 0.15) is 0 Å². The summed E-state index contributed by atoms with van der Waals surface area (Å²) in [5.74, 6) is -0.0308. The normalized spacial score (nSPS) is 12.4. The van der Waals surface area contributed by atoms with Crippen LogP contribution in [0, 0.1) is 0 Å². The molecular weight excluding hydrogens is 542 g/mol. The summed E-state index contributed by atoms with van der Waals surface area (Å²) in [6.07, 6.45) is 0. The van der Waals surface area contributed by atoms with E-state index >= 15 is 0 Å². The van der Waals surface area contributed by atoms with E-state index in [0.717, 1.165) is 32.8 Å². The Hall–Kier alpha value is -4.12. The molecule has 5 aromatic rings. The maximum atomic E-state index is 11.7. The van der Waals surface area contributed by atoms with E-state index in [9.17, 15) is 13.5 Å².